The van der Waals surface area contributed by atoms with Crippen molar-refractivity contribution in [1.82, 2.24) is 0 Å². The first-order valence-electron chi connectivity index (χ1n) is 17.9. The number of fused-ring (bicyclic) bond motifs is 5. The van der Waals surface area contributed by atoms with E-state index in [0.717, 1.165) is 63.4 Å². The molecule has 4 saturated carbocycles. The van der Waals surface area contributed by atoms with Crippen LogP contribution in [0.5, 0.6) is 0 Å². The van der Waals surface area contributed by atoms with Crippen LogP contribution in [0.3, 0.4) is 0 Å². The Morgan fingerprint density at radius 1 is 0.833 bits per heavy atom. The van der Waals surface area contributed by atoms with Gasteiger partial charge in [0, 0.05) is 11.5 Å². The number of rotatable bonds is 6. The van der Waals surface area contributed by atoms with Crippen molar-refractivity contribution in [2.45, 2.75) is 152 Å². The van der Waals surface area contributed by atoms with E-state index in [0.29, 0.717) is 18.4 Å². The van der Waals surface area contributed by atoms with Gasteiger partial charge in [-0.2, -0.15) is 0 Å². The molecule has 3 heterocycles. The van der Waals surface area contributed by atoms with Crippen molar-refractivity contribution in [2.75, 3.05) is 13.2 Å². The van der Waals surface area contributed by atoms with Gasteiger partial charge >= 0.3 is 5.97 Å². The van der Waals surface area contributed by atoms with Gasteiger partial charge in [-0.05, 0) is 99.4 Å². The van der Waals surface area contributed by atoms with Crippen LogP contribution in [0.15, 0.2) is 11.6 Å². The third kappa shape index (κ3) is 5.42. The maximum absolute atomic E-state index is 12.5. The minimum atomic E-state index is -1.65. The van der Waals surface area contributed by atoms with E-state index in [4.69, 9.17) is 23.7 Å². The molecular formula is C35H54O13. The minimum absolute atomic E-state index is 0.0345. The molecule has 3 aliphatic heterocycles. The number of hydrogen-bond donors (Lipinski definition) is 7. The first-order chi connectivity index (χ1) is 22.7. The highest BCUT2D eigenvalue weighted by atomic mass is 16.7. The molecule has 2 saturated heterocycles. The average molecular weight is 683 g/mol. The molecule has 13 nitrogen and oxygen atoms in total. The van der Waals surface area contributed by atoms with Crippen LogP contribution in [0.1, 0.15) is 78.6 Å². The Morgan fingerprint density at radius 3 is 2.27 bits per heavy atom. The van der Waals surface area contributed by atoms with Crippen LogP contribution in [-0.2, 0) is 28.5 Å². The predicted octanol–water partition coefficient (Wildman–Crippen LogP) is 0.280. The Morgan fingerprint density at radius 2 is 1.56 bits per heavy atom. The van der Waals surface area contributed by atoms with Crippen LogP contribution < -0.4 is 0 Å². The second kappa shape index (κ2) is 12.8. The molecule has 4 aliphatic carbocycles. The van der Waals surface area contributed by atoms with Gasteiger partial charge in [-0.3, -0.25) is 0 Å². The predicted molar refractivity (Wildman–Crippen MR) is 166 cm³/mol. The van der Waals surface area contributed by atoms with E-state index in [-0.39, 0.29) is 34.7 Å². The van der Waals surface area contributed by atoms with Crippen LogP contribution in [-0.4, -0.2) is 128 Å². The summed E-state index contributed by atoms with van der Waals surface area (Å²) in [6.07, 6.45) is -4.12. The molecule has 0 spiro atoms. The second-order valence-electron chi connectivity index (χ2n) is 16.3. The first kappa shape index (κ1) is 35.2. The molecule has 7 N–H and O–H groups in total. The Hall–Kier alpha value is -1.23. The summed E-state index contributed by atoms with van der Waals surface area (Å²) in [5.74, 6) is 0.825. The van der Waals surface area contributed by atoms with Gasteiger partial charge in [0.2, 0.25) is 0 Å². The molecule has 0 amide bonds. The van der Waals surface area contributed by atoms with Crippen molar-refractivity contribution in [3.63, 3.8) is 0 Å². The lowest BCUT2D eigenvalue weighted by atomic mass is 9.43. The molecule has 0 aromatic rings. The van der Waals surface area contributed by atoms with Crippen LogP contribution >= 0.6 is 0 Å². The topological polar surface area (TPSA) is 205 Å². The molecule has 7 aliphatic rings. The van der Waals surface area contributed by atoms with Gasteiger partial charge in [-0.25, -0.2) is 4.79 Å². The summed E-state index contributed by atoms with van der Waals surface area (Å²) < 4.78 is 28.8. The molecule has 48 heavy (non-hydrogen) atoms. The van der Waals surface area contributed by atoms with Crippen LogP contribution in [0.4, 0.5) is 0 Å². The molecule has 13 heteroatoms. The molecule has 0 bridgehead atoms. The zero-order valence-corrected chi connectivity index (χ0v) is 28.1. The number of aliphatic hydroxyl groups excluding tert-OH is 6. The SMILES string of the molecule is C[C@H]1O[C@@H](O[C@H]2CC[C@@]3(C)[C@H](CC[C@@H]4[C@@H]3CC[C@]3(C)[C@@H](C5=CC(=O)OC5)CC[C@]43O)C2)[C@H](O)[C@@H](O)[C@@H]1O[C@@H]1O[C@H](CO)[C@@H](O)[C@H](O)[C@H]1O. The van der Waals surface area contributed by atoms with Crippen LogP contribution in [0.25, 0.3) is 0 Å². The number of carbonyl (C=O) groups excluding carboxylic acids is 1. The number of carbonyl (C=O) groups is 1. The minimum Gasteiger partial charge on any atom is -0.458 e. The van der Waals surface area contributed by atoms with E-state index in [2.05, 4.69) is 13.8 Å². The van der Waals surface area contributed by atoms with E-state index in [1.165, 1.54) is 0 Å². The molecule has 272 valence electrons. The second-order valence-corrected chi connectivity index (χ2v) is 16.3. The summed E-state index contributed by atoms with van der Waals surface area (Å²) in [6, 6.07) is 0. The van der Waals surface area contributed by atoms with E-state index in [1.54, 1.807) is 13.0 Å². The molecule has 18 atom stereocenters. The van der Waals surface area contributed by atoms with E-state index in [9.17, 15) is 40.5 Å². The maximum atomic E-state index is 12.5. The normalized spacial score (nSPS) is 55.3. The van der Waals surface area contributed by atoms with Gasteiger partial charge in [0.05, 0.1) is 24.4 Å². The van der Waals surface area contributed by atoms with E-state index in [1.807, 2.05) is 0 Å². The summed E-state index contributed by atoms with van der Waals surface area (Å²) in [5.41, 5.74) is 0.00280. The summed E-state index contributed by atoms with van der Waals surface area (Å²) in [5, 5.41) is 74.7. The molecular weight excluding hydrogens is 628 g/mol. The fraction of sp³-hybridized carbons (Fsp3) is 0.914. The molecule has 0 unspecified atom stereocenters. The lowest BCUT2D eigenvalue weighted by Crippen LogP contribution is -2.64. The van der Waals surface area contributed by atoms with Gasteiger partial charge in [0.25, 0.3) is 0 Å². The van der Waals surface area contributed by atoms with Gasteiger partial charge in [-0.15, -0.1) is 0 Å². The lowest BCUT2D eigenvalue weighted by molar-refractivity contribution is -0.360. The molecule has 7 rings (SSSR count). The van der Waals surface area contributed by atoms with Gasteiger partial charge < -0.3 is 59.4 Å². The Bertz CT molecular complexity index is 1240. The van der Waals surface area contributed by atoms with Crippen molar-refractivity contribution in [3.05, 3.63) is 11.6 Å². The smallest absolute Gasteiger partial charge is 0.331 e. The first-order valence-corrected chi connectivity index (χ1v) is 17.9. The fourth-order valence-electron chi connectivity index (χ4n) is 11.3. The van der Waals surface area contributed by atoms with Crippen molar-refractivity contribution in [3.8, 4) is 0 Å². The maximum Gasteiger partial charge on any atom is 0.331 e. The quantitative estimate of drug-likeness (QED) is 0.149. The molecule has 0 aromatic carbocycles. The Labute approximate surface area is 281 Å². The molecule has 0 radical (unpaired) electrons. The lowest BCUT2D eigenvalue weighted by Gasteiger charge is -2.64. The zero-order chi connectivity index (χ0) is 34.3. The van der Waals surface area contributed by atoms with E-state index >= 15 is 0 Å². The largest absolute Gasteiger partial charge is 0.458 e. The number of aliphatic hydroxyl groups is 7. The fourth-order valence-corrected chi connectivity index (χ4v) is 11.3. The van der Waals surface area contributed by atoms with Gasteiger partial charge in [0.1, 0.15) is 49.3 Å². The number of esters is 1. The van der Waals surface area contributed by atoms with E-state index < -0.39 is 73.6 Å². The average Bonchev–Trinajstić information content (AvgIpc) is 3.61. The zero-order valence-electron chi connectivity index (χ0n) is 28.1. The summed E-state index contributed by atoms with van der Waals surface area (Å²) in [7, 11) is 0. The monoisotopic (exact) mass is 682 g/mol. The molecule has 6 fully saturated rings. The van der Waals surface area contributed by atoms with Crippen molar-refractivity contribution >= 4 is 5.97 Å². The van der Waals surface area contributed by atoms with Crippen LogP contribution in [0.2, 0.25) is 0 Å². The summed E-state index contributed by atoms with van der Waals surface area (Å²) >= 11 is 0. The highest BCUT2D eigenvalue weighted by Gasteiger charge is 2.68. The summed E-state index contributed by atoms with van der Waals surface area (Å²) in [4.78, 5) is 11.9. The van der Waals surface area contributed by atoms with Crippen LogP contribution in [0, 0.1) is 34.5 Å². The van der Waals surface area contributed by atoms with Crippen molar-refractivity contribution in [1.29, 1.82) is 0 Å². The third-order valence-corrected chi connectivity index (χ3v) is 14.2. The number of hydrogen-bond acceptors (Lipinski definition) is 13. The Balaban J connectivity index is 0.977. The van der Waals surface area contributed by atoms with Crippen molar-refractivity contribution in [2.24, 2.45) is 34.5 Å². The Kier molecular flexibility index (Phi) is 9.36. The van der Waals surface area contributed by atoms with Gasteiger partial charge in [0.15, 0.2) is 12.6 Å². The summed E-state index contributed by atoms with van der Waals surface area (Å²) in [6.45, 7) is 5.97. The third-order valence-electron chi connectivity index (χ3n) is 14.2. The van der Waals surface area contributed by atoms with Crippen molar-refractivity contribution < 1.29 is 64.2 Å². The highest BCUT2D eigenvalue weighted by Crippen LogP contribution is 2.70. The highest BCUT2D eigenvalue weighted by molar-refractivity contribution is 5.85. The number of ether oxygens (including phenoxy) is 5. The van der Waals surface area contributed by atoms with Gasteiger partial charge in [-0.1, -0.05) is 13.8 Å². The standard InChI is InChI=1S/C35H54O13/c1-16-30(48-32-28(41)26(39)25(38)23(14-36)47-32)27(40)29(42)31(45-16)46-19-6-9-33(2)18(13-19)4-5-22-21(33)7-10-34(3)20(8-11-35(22,34)43)17-12-24(37)44-15-17/h12,16,18-23,25-32,36,38-43H,4-11,13-15H2,1-3H3/t16-,18-,19+,20-,21+,22-,23-,25-,26+,27-,28-,29-,30-,31+,32+,33+,34-,35+/m1/s1. The number of cyclic esters (lactones) is 1. The molecule has 0 aromatic heterocycles.